The van der Waals surface area contributed by atoms with Crippen molar-refractivity contribution in [3.05, 3.63) is 18.3 Å². The number of carbonyl (C=O) groups is 2. The first-order valence-electron chi connectivity index (χ1n) is 11.5. The third-order valence-electron chi connectivity index (χ3n) is 6.81. The molecule has 30 heavy (non-hydrogen) atoms. The van der Waals surface area contributed by atoms with Crippen LogP contribution in [0.3, 0.4) is 0 Å². The first-order chi connectivity index (χ1) is 14.5. The van der Waals surface area contributed by atoms with Crippen LogP contribution in [0.15, 0.2) is 18.3 Å². The second-order valence-electron chi connectivity index (χ2n) is 8.89. The fourth-order valence-electron chi connectivity index (χ4n) is 4.98. The lowest BCUT2D eigenvalue weighted by Crippen LogP contribution is -2.65. The van der Waals surface area contributed by atoms with Gasteiger partial charge in [0.15, 0.2) is 11.6 Å². The summed E-state index contributed by atoms with van der Waals surface area (Å²) in [6.07, 6.45) is 9.97. The molecule has 0 N–H and O–H groups in total. The molecule has 2 fully saturated rings. The normalized spacial score (nSPS) is 25.7. The molecule has 1 saturated carbocycles. The molecule has 2 aliphatic heterocycles. The second kappa shape index (κ2) is 8.92. The molecule has 0 spiro atoms. The van der Waals surface area contributed by atoms with Crippen LogP contribution in [0, 0.1) is 0 Å². The van der Waals surface area contributed by atoms with Crippen LogP contribution in [0.2, 0.25) is 0 Å². The van der Waals surface area contributed by atoms with Crippen molar-refractivity contribution < 1.29 is 14.3 Å². The van der Waals surface area contributed by atoms with E-state index in [1.54, 1.807) is 30.2 Å². The Morgan fingerprint density at radius 3 is 2.63 bits per heavy atom. The zero-order valence-corrected chi connectivity index (χ0v) is 18.3. The standard InChI is InChI=1S/C23H34N4O3/c1-3-4-13-27-20-19(11-8-12-24-20)30-23(2,22(27)29)21(28)26-16-14-25(15-17-26)18-9-6-5-7-10-18/h8,11-12,18H,3-7,9-10,13-17H2,1-2H3/t23-/m1/s1. The fourth-order valence-corrected chi connectivity index (χ4v) is 4.98. The topological polar surface area (TPSA) is 66.0 Å². The SMILES string of the molecule is CCCCN1C(=O)[C@@](C)(C(=O)N2CCN(C3CCCCC3)CC2)Oc2cccnc21. The molecular formula is C23H34N4O3. The molecule has 3 heterocycles. The molecule has 7 heteroatoms. The Kier molecular flexibility index (Phi) is 6.27. The molecule has 3 aliphatic rings. The van der Waals surface area contributed by atoms with Gasteiger partial charge in [-0.2, -0.15) is 0 Å². The lowest BCUT2D eigenvalue weighted by atomic mass is 9.93. The van der Waals surface area contributed by atoms with E-state index in [0.29, 0.717) is 37.2 Å². The quantitative estimate of drug-likeness (QED) is 0.693. The Hall–Kier alpha value is -2.15. The highest BCUT2D eigenvalue weighted by Crippen LogP contribution is 2.37. The molecule has 0 unspecified atom stereocenters. The van der Waals surface area contributed by atoms with Gasteiger partial charge in [0.05, 0.1) is 0 Å². The number of unbranched alkanes of at least 4 members (excludes halogenated alkanes) is 1. The van der Waals surface area contributed by atoms with Crippen molar-refractivity contribution in [3.63, 3.8) is 0 Å². The minimum absolute atomic E-state index is 0.230. The number of hydrogen-bond acceptors (Lipinski definition) is 5. The number of amides is 2. The van der Waals surface area contributed by atoms with Gasteiger partial charge < -0.3 is 9.64 Å². The zero-order chi connectivity index (χ0) is 21.1. The van der Waals surface area contributed by atoms with Gasteiger partial charge in [0, 0.05) is 45.0 Å². The Balaban J connectivity index is 1.48. The molecule has 4 rings (SSSR count). The van der Waals surface area contributed by atoms with E-state index in [2.05, 4.69) is 16.8 Å². The summed E-state index contributed by atoms with van der Waals surface area (Å²) in [4.78, 5) is 37.3. The molecule has 1 aromatic heterocycles. The highest BCUT2D eigenvalue weighted by atomic mass is 16.5. The van der Waals surface area contributed by atoms with Crippen molar-refractivity contribution in [2.75, 3.05) is 37.6 Å². The second-order valence-corrected chi connectivity index (χ2v) is 8.89. The third kappa shape index (κ3) is 3.92. The molecule has 7 nitrogen and oxygen atoms in total. The van der Waals surface area contributed by atoms with Gasteiger partial charge in [-0.3, -0.25) is 19.4 Å². The maximum absolute atomic E-state index is 13.5. The monoisotopic (exact) mass is 414 g/mol. The molecule has 1 saturated heterocycles. The fraction of sp³-hybridized carbons (Fsp3) is 0.696. The van der Waals surface area contributed by atoms with Gasteiger partial charge in [0.2, 0.25) is 0 Å². The Morgan fingerprint density at radius 1 is 1.20 bits per heavy atom. The van der Waals surface area contributed by atoms with Gasteiger partial charge in [0.1, 0.15) is 0 Å². The van der Waals surface area contributed by atoms with Gasteiger partial charge in [-0.25, -0.2) is 4.98 Å². The van der Waals surface area contributed by atoms with E-state index in [-0.39, 0.29) is 11.8 Å². The largest absolute Gasteiger partial charge is 0.464 e. The summed E-state index contributed by atoms with van der Waals surface area (Å²) in [5, 5.41) is 0. The average molecular weight is 415 g/mol. The van der Waals surface area contributed by atoms with E-state index in [0.717, 1.165) is 25.9 Å². The minimum Gasteiger partial charge on any atom is -0.464 e. The lowest BCUT2D eigenvalue weighted by Gasteiger charge is -2.44. The van der Waals surface area contributed by atoms with Crippen LogP contribution in [0.5, 0.6) is 5.75 Å². The predicted octanol–water partition coefficient (Wildman–Crippen LogP) is 2.84. The average Bonchev–Trinajstić information content (AvgIpc) is 2.79. The predicted molar refractivity (Wildman–Crippen MR) is 116 cm³/mol. The Labute approximate surface area is 179 Å². The molecule has 1 aliphatic carbocycles. The number of carbonyl (C=O) groups excluding carboxylic acids is 2. The van der Waals surface area contributed by atoms with E-state index in [1.807, 2.05) is 4.90 Å². The smallest absolute Gasteiger partial charge is 0.282 e. The van der Waals surface area contributed by atoms with Crippen LogP contribution in [-0.4, -0.2) is 71.0 Å². The summed E-state index contributed by atoms with van der Waals surface area (Å²) < 4.78 is 6.04. The number of anilines is 1. The van der Waals surface area contributed by atoms with Crippen LogP contribution in [-0.2, 0) is 9.59 Å². The number of pyridine rings is 1. The van der Waals surface area contributed by atoms with Crippen LogP contribution in [0.4, 0.5) is 5.82 Å². The van der Waals surface area contributed by atoms with Gasteiger partial charge in [-0.15, -0.1) is 0 Å². The van der Waals surface area contributed by atoms with E-state index >= 15 is 0 Å². The van der Waals surface area contributed by atoms with Crippen molar-refractivity contribution in [1.29, 1.82) is 0 Å². The number of piperazine rings is 1. The third-order valence-corrected chi connectivity index (χ3v) is 6.81. The lowest BCUT2D eigenvalue weighted by molar-refractivity contribution is -0.157. The molecule has 0 aromatic carbocycles. The number of ether oxygens (including phenoxy) is 1. The van der Waals surface area contributed by atoms with E-state index in [1.165, 1.54) is 32.1 Å². The highest BCUT2D eigenvalue weighted by Gasteiger charge is 2.53. The van der Waals surface area contributed by atoms with Gasteiger partial charge in [0.25, 0.3) is 17.4 Å². The van der Waals surface area contributed by atoms with Crippen molar-refractivity contribution in [2.45, 2.75) is 70.4 Å². The molecular weight excluding hydrogens is 380 g/mol. The van der Waals surface area contributed by atoms with Crippen molar-refractivity contribution in [3.8, 4) is 5.75 Å². The number of hydrogen-bond donors (Lipinski definition) is 0. The van der Waals surface area contributed by atoms with Crippen LogP contribution < -0.4 is 9.64 Å². The first kappa shape index (κ1) is 21.1. The van der Waals surface area contributed by atoms with E-state index < -0.39 is 5.60 Å². The van der Waals surface area contributed by atoms with E-state index in [4.69, 9.17) is 4.74 Å². The summed E-state index contributed by atoms with van der Waals surface area (Å²) >= 11 is 0. The van der Waals surface area contributed by atoms with Crippen LogP contribution in [0.1, 0.15) is 58.8 Å². The molecule has 2 amide bonds. The van der Waals surface area contributed by atoms with Crippen molar-refractivity contribution in [2.24, 2.45) is 0 Å². The van der Waals surface area contributed by atoms with Crippen LogP contribution in [0.25, 0.3) is 0 Å². The number of fused-ring (bicyclic) bond motifs is 1. The Morgan fingerprint density at radius 2 is 1.93 bits per heavy atom. The van der Waals surface area contributed by atoms with Crippen LogP contribution >= 0.6 is 0 Å². The van der Waals surface area contributed by atoms with Gasteiger partial charge in [-0.05, 0) is 38.3 Å². The van der Waals surface area contributed by atoms with Gasteiger partial charge >= 0.3 is 0 Å². The summed E-state index contributed by atoms with van der Waals surface area (Å²) in [7, 11) is 0. The number of aromatic nitrogens is 1. The summed E-state index contributed by atoms with van der Waals surface area (Å²) in [6, 6.07) is 4.22. The summed E-state index contributed by atoms with van der Waals surface area (Å²) in [5.41, 5.74) is -1.53. The van der Waals surface area contributed by atoms with E-state index in [9.17, 15) is 9.59 Å². The maximum atomic E-state index is 13.5. The number of rotatable bonds is 5. The summed E-state index contributed by atoms with van der Waals surface area (Å²) in [5.74, 6) is 0.488. The molecule has 1 atom stereocenters. The maximum Gasteiger partial charge on any atom is 0.282 e. The van der Waals surface area contributed by atoms with Gasteiger partial charge in [-0.1, -0.05) is 32.6 Å². The molecule has 0 radical (unpaired) electrons. The molecule has 0 bridgehead atoms. The minimum atomic E-state index is -1.53. The number of nitrogens with zero attached hydrogens (tertiary/aromatic N) is 4. The first-order valence-corrected chi connectivity index (χ1v) is 11.5. The summed E-state index contributed by atoms with van der Waals surface area (Å²) in [6.45, 7) is 7.30. The highest BCUT2D eigenvalue weighted by molar-refractivity contribution is 6.16. The molecule has 1 aromatic rings. The zero-order valence-electron chi connectivity index (χ0n) is 18.3. The van der Waals surface area contributed by atoms with Crippen molar-refractivity contribution in [1.82, 2.24) is 14.8 Å². The van der Waals surface area contributed by atoms with Crippen molar-refractivity contribution >= 4 is 17.6 Å². The Bertz CT molecular complexity index is 771. The molecule has 164 valence electrons.